The van der Waals surface area contributed by atoms with Crippen molar-refractivity contribution in [3.8, 4) is 0 Å². The van der Waals surface area contributed by atoms with Gasteiger partial charge in [0, 0.05) is 30.9 Å². The predicted octanol–water partition coefficient (Wildman–Crippen LogP) is 6.82. The average Bonchev–Trinajstić information content (AvgIpc) is 3.34. The lowest BCUT2D eigenvalue weighted by atomic mass is 9.81. The van der Waals surface area contributed by atoms with Crippen LogP contribution in [0.4, 0.5) is 5.69 Å². The molecular formula is C28H34N2. The van der Waals surface area contributed by atoms with E-state index < -0.39 is 0 Å². The third kappa shape index (κ3) is 4.11. The van der Waals surface area contributed by atoms with Crippen LogP contribution in [0.5, 0.6) is 0 Å². The van der Waals surface area contributed by atoms with E-state index in [4.69, 9.17) is 0 Å². The molecule has 1 N–H and O–H groups in total. The molecule has 1 heterocycles. The molecule has 0 aromatic heterocycles. The normalized spacial score (nSPS) is 23.0. The molecule has 5 rings (SSSR count). The highest BCUT2D eigenvalue weighted by Gasteiger charge is 2.25. The Hall–Kier alpha value is -2.32. The molecule has 3 aromatic rings. The van der Waals surface area contributed by atoms with Gasteiger partial charge in [0.15, 0.2) is 0 Å². The topological polar surface area (TPSA) is 15.3 Å². The van der Waals surface area contributed by atoms with Gasteiger partial charge in [-0.25, -0.2) is 0 Å². The zero-order valence-electron chi connectivity index (χ0n) is 18.2. The lowest BCUT2D eigenvalue weighted by molar-refractivity contribution is 0.319. The molecule has 1 aliphatic carbocycles. The van der Waals surface area contributed by atoms with Crippen LogP contribution in [0.15, 0.2) is 66.7 Å². The molecule has 2 fully saturated rings. The van der Waals surface area contributed by atoms with Crippen molar-refractivity contribution in [2.45, 2.75) is 63.5 Å². The van der Waals surface area contributed by atoms with Crippen molar-refractivity contribution in [3.63, 3.8) is 0 Å². The monoisotopic (exact) mass is 398 g/mol. The van der Waals surface area contributed by atoms with E-state index in [2.05, 4.69) is 83.9 Å². The number of nitrogens with zero attached hydrogens (tertiary/aromatic N) is 1. The average molecular weight is 399 g/mol. The minimum absolute atomic E-state index is 0.373. The van der Waals surface area contributed by atoms with Crippen molar-refractivity contribution >= 4 is 16.5 Å². The van der Waals surface area contributed by atoms with E-state index in [1.165, 1.54) is 79.2 Å². The summed E-state index contributed by atoms with van der Waals surface area (Å²) >= 11 is 0. The molecule has 0 spiro atoms. The first-order chi connectivity index (χ1) is 14.8. The van der Waals surface area contributed by atoms with Gasteiger partial charge in [-0.3, -0.25) is 0 Å². The van der Waals surface area contributed by atoms with E-state index in [1.54, 1.807) is 0 Å². The van der Waals surface area contributed by atoms with Crippen LogP contribution < -0.4 is 10.2 Å². The highest BCUT2D eigenvalue weighted by molar-refractivity contribution is 5.86. The smallest absolute Gasteiger partial charge is 0.0366 e. The van der Waals surface area contributed by atoms with E-state index in [0.717, 1.165) is 0 Å². The van der Waals surface area contributed by atoms with Gasteiger partial charge in [0.2, 0.25) is 0 Å². The van der Waals surface area contributed by atoms with Crippen molar-refractivity contribution in [1.82, 2.24) is 5.32 Å². The zero-order chi connectivity index (χ0) is 20.3. The second kappa shape index (κ2) is 8.81. The molecule has 156 valence electrons. The molecular weight excluding hydrogens is 364 g/mol. The molecule has 0 radical (unpaired) electrons. The molecule has 1 saturated heterocycles. The third-order valence-electron chi connectivity index (χ3n) is 7.29. The second-order valence-corrected chi connectivity index (χ2v) is 9.30. The molecule has 2 aliphatic rings. The molecule has 3 atom stereocenters. The Labute approximate surface area is 181 Å². The summed E-state index contributed by atoms with van der Waals surface area (Å²) in [5.41, 5.74) is 4.36. The molecule has 1 aliphatic heterocycles. The number of fused-ring (bicyclic) bond motifs is 1. The van der Waals surface area contributed by atoms with Crippen LogP contribution in [0.2, 0.25) is 0 Å². The molecule has 3 aromatic carbocycles. The Balaban J connectivity index is 1.26. The number of benzene rings is 3. The maximum atomic E-state index is 3.97. The van der Waals surface area contributed by atoms with E-state index in [0.29, 0.717) is 18.0 Å². The van der Waals surface area contributed by atoms with Crippen LogP contribution in [0.25, 0.3) is 10.8 Å². The lowest BCUT2D eigenvalue weighted by Crippen LogP contribution is -2.35. The fraction of sp³-hybridized carbons (Fsp3) is 0.429. The van der Waals surface area contributed by atoms with Crippen LogP contribution in [-0.4, -0.2) is 19.1 Å². The van der Waals surface area contributed by atoms with Gasteiger partial charge in [-0.1, -0.05) is 61.0 Å². The molecule has 0 bridgehead atoms. The van der Waals surface area contributed by atoms with Crippen molar-refractivity contribution in [2.75, 3.05) is 18.0 Å². The predicted molar refractivity (Wildman–Crippen MR) is 128 cm³/mol. The molecule has 2 unspecified atom stereocenters. The standard InChI is InChI=1S/C28H34N2/c1-21(27-13-7-9-23-8-2-3-12-28(23)27)29-25-11-6-10-24(20-25)22-14-16-26(17-15-22)30-18-4-5-19-30/h2-3,7-9,12-17,21,24-25,29H,4-6,10-11,18-20H2,1H3/t21-,24?,25?/m1/s1. The Morgan fingerprint density at radius 3 is 2.43 bits per heavy atom. The SMILES string of the molecule is C[C@@H](NC1CCCC(c2ccc(N3CCCC3)cc2)C1)c1cccc2ccccc12. The van der Waals surface area contributed by atoms with Gasteiger partial charge in [0.05, 0.1) is 0 Å². The van der Waals surface area contributed by atoms with Gasteiger partial charge >= 0.3 is 0 Å². The fourth-order valence-electron chi connectivity index (χ4n) is 5.65. The van der Waals surface area contributed by atoms with Crippen molar-refractivity contribution in [2.24, 2.45) is 0 Å². The Morgan fingerprint density at radius 2 is 1.60 bits per heavy atom. The Morgan fingerprint density at radius 1 is 0.833 bits per heavy atom. The second-order valence-electron chi connectivity index (χ2n) is 9.30. The van der Waals surface area contributed by atoms with Gasteiger partial charge in [-0.2, -0.15) is 0 Å². The van der Waals surface area contributed by atoms with Crippen LogP contribution in [-0.2, 0) is 0 Å². The first-order valence-corrected chi connectivity index (χ1v) is 11.9. The summed E-state index contributed by atoms with van der Waals surface area (Å²) in [6.45, 7) is 4.78. The maximum absolute atomic E-state index is 3.97. The highest BCUT2D eigenvalue weighted by atomic mass is 15.1. The minimum Gasteiger partial charge on any atom is -0.372 e. The van der Waals surface area contributed by atoms with Gasteiger partial charge in [0.1, 0.15) is 0 Å². The molecule has 2 heteroatoms. The summed E-state index contributed by atoms with van der Waals surface area (Å²) in [6, 6.07) is 25.9. The van der Waals surface area contributed by atoms with E-state index >= 15 is 0 Å². The lowest BCUT2D eigenvalue weighted by Gasteiger charge is -2.33. The third-order valence-corrected chi connectivity index (χ3v) is 7.29. The van der Waals surface area contributed by atoms with Gasteiger partial charge < -0.3 is 10.2 Å². The number of rotatable bonds is 5. The number of hydrogen-bond acceptors (Lipinski definition) is 2. The van der Waals surface area contributed by atoms with Crippen molar-refractivity contribution in [1.29, 1.82) is 0 Å². The van der Waals surface area contributed by atoms with Crippen LogP contribution in [0.3, 0.4) is 0 Å². The maximum Gasteiger partial charge on any atom is 0.0366 e. The molecule has 0 amide bonds. The van der Waals surface area contributed by atoms with Crippen LogP contribution in [0.1, 0.15) is 68.5 Å². The van der Waals surface area contributed by atoms with Gasteiger partial charge in [-0.15, -0.1) is 0 Å². The number of hydrogen-bond donors (Lipinski definition) is 1. The summed E-state index contributed by atoms with van der Waals surface area (Å²) in [5.74, 6) is 0.684. The minimum atomic E-state index is 0.373. The van der Waals surface area contributed by atoms with Crippen molar-refractivity contribution in [3.05, 3.63) is 77.9 Å². The van der Waals surface area contributed by atoms with Gasteiger partial charge in [0.25, 0.3) is 0 Å². The Kier molecular flexibility index (Phi) is 5.77. The Bertz CT molecular complexity index is 966. The summed E-state index contributed by atoms with van der Waals surface area (Å²) < 4.78 is 0. The van der Waals surface area contributed by atoms with Gasteiger partial charge in [-0.05, 0) is 79.0 Å². The number of anilines is 1. The van der Waals surface area contributed by atoms with Crippen LogP contribution >= 0.6 is 0 Å². The molecule has 1 saturated carbocycles. The quantitative estimate of drug-likeness (QED) is 0.507. The first-order valence-electron chi connectivity index (χ1n) is 11.9. The molecule has 2 nitrogen and oxygen atoms in total. The van der Waals surface area contributed by atoms with Crippen LogP contribution in [0, 0.1) is 0 Å². The van der Waals surface area contributed by atoms with E-state index in [1.807, 2.05) is 0 Å². The van der Waals surface area contributed by atoms with Crippen molar-refractivity contribution < 1.29 is 0 Å². The van der Waals surface area contributed by atoms with E-state index in [-0.39, 0.29) is 0 Å². The highest BCUT2D eigenvalue weighted by Crippen LogP contribution is 2.35. The first kappa shape index (κ1) is 19.6. The summed E-state index contributed by atoms with van der Waals surface area (Å²) in [4.78, 5) is 2.53. The fourth-order valence-corrected chi connectivity index (χ4v) is 5.65. The summed E-state index contributed by atoms with van der Waals surface area (Å²) in [6.07, 6.45) is 7.86. The summed E-state index contributed by atoms with van der Waals surface area (Å²) in [5, 5.41) is 6.69. The summed E-state index contributed by atoms with van der Waals surface area (Å²) in [7, 11) is 0. The zero-order valence-corrected chi connectivity index (χ0v) is 18.2. The van der Waals surface area contributed by atoms with E-state index in [9.17, 15) is 0 Å². The molecule has 30 heavy (non-hydrogen) atoms. The largest absolute Gasteiger partial charge is 0.372 e. The number of nitrogens with one attached hydrogen (secondary N) is 1.